The van der Waals surface area contributed by atoms with Crippen molar-refractivity contribution in [2.75, 3.05) is 0 Å². The number of aromatic nitrogens is 1. The lowest BCUT2D eigenvalue weighted by Gasteiger charge is -2.04. The van der Waals surface area contributed by atoms with Gasteiger partial charge in [0, 0.05) is 25.2 Å². The normalized spacial score (nSPS) is 14.1. The van der Waals surface area contributed by atoms with E-state index >= 15 is 0 Å². The van der Waals surface area contributed by atoms with Crippen LogP contribution in [0.1, 0.15) is 48.3 Å². The zero-order valence-corrected chi connectivity index (χ0v) is 12.3. The van der Waals surface area contributed by atoms with E-state index < -0.39 is 0 Å². The van der Waals surface area contributed by atoms with Crippen LogP contribution in [0.5, 0.6) is 0 Å². The first kappa shape index (κ1) is 14.0. The van der Waals surface area contributed by atoms with Gasteiger partial charge in [0.15, 0.2) is 0 Å². The number of pyridine rings is 1. The summed E-state index contributed by atoms with van der Waals surface area (Å²) in [5.74, 6) is 1.12. The topological polar surface area (TPSA) is 30.0 Å². The number of carbonyl (C=O) groups excluding carboxylic acids is 1. The second-order valence-electron chi connectivity index (χ2n) is 5.95. The third kappa shape index (κ3) is 4.25. The summed E-state index contributed by atoms with van der Waals surface area (Å²) < 4.78 is 0. The maximum absolute atomic E-state index is 11.9. The molecule has 108 valence electrons. The van der Waals surface area contributed by atoms with Gasteiger partial charge in [0.25, 0.3) is 0 Å². The summed E-state index contributed by atoms with van der Waals surface area (Å²) in [4.78, 5) is 16.0. The van der Waals surface area contributed by atoms with E-state index in [2.05, 4.69) is 29.2 Å². The molecule has 1 heterocycles. The van der Waals surface area contributed by atoms with Crippen molar-refractivity contribution in [2.24, 2.45) is 0 Å². The predicted molar refractivity (Wildman–Crippen MR) is 84.3 cm³/mol. The van der Waals surface area contributed by atoms with Crippen LogP contribution in [0.15, 0.2) is 48.8 Å². The number of Topliss-reactive ketones (excluding diaryl/α,β-unsaturated/α-hetero) is 1. The van der Waals surface area contributed by atoms with Crippen molar-refractivity contribution in [1.29, 1.82) is 0 Å². The number of rotatable bonds is 7. The van der Waals surface area contributed by atoms with Crippen molar-refractivity contribution >= 4 is 5.78 Å². The Labute approximate surface area is 126 Å². The number of hydrogen-bond donors (Lipinski definition) is 0. The Balaban J connectivity index is 1.41. The summed E-state index contributed by atoms with van der Waals surface area (Å²) in [6.07, 6.45) is 9.29. The fraction of sp³-hybridized carbons (Fsp3) is 0.368. The van der Waals surface area contributed by atoms with Crippen LogP contribution in [0.2, 0.25) is 0 Å². The minimum atomic E-state index is 0.303. The van der Waals surface area contributed by atoms with Gasteiger partial charge in [-0.25, -0.2) is 0 Å². The molecule has 0 radical (unpaired) electrons. The van der Waals surface area contributed by atoms with Crippen LogP contribution in [0.25, 0.3) is 0 Å². The molecule has 2 heteroatoms. The molecule has 2 aromatic rings. The Kier molecular flexibility index (Phi) is 4.44. The van der Waals surface area contributed by atoms with Crippen LogP contribution in [-0.2, 0) is 17.6 Å². The van der Waals surface area contributed by atoms with Crippen LogP contribution in [0.4, 0.5) is 0 Å². The summed E-state index contributed by atoms with van der Waals surface area (Å²) in [5, 5.41) is 0. The molecule has 1 fully saturated rings. The third-order valence-electron chi connectivity index (χ3n) is 4.07. The maximum atomic E-state index is 11.9. The van der Waals surface area contributed by atoms with E-state index in [-0.39, 0.29) is 0 Å². The lowest BCUT2D eigenvalue weighted by molar-refractivity contribution is -0.118. The maximum Gasteiger partial charge on any atom is 0.137 e. The molecular formula is C19H21NO. The van der Waals surface area contributed by atoms with Crippen LogP contribution in [0, 0.1) is 0 Å². The fourth-order valence-electron chi connectivity index (χ4n) is 2.68. The molecule has 1 aliphatic carbocycles. The molecule has 0 amide bonds. The zero-order valence-electron chi connectivity index (χ0n) is 12.3. The van der Waals surface area contributed by atoms with Gasteiger partial charge in [0.1, 0.15) is 5.78 Å². The second-order valence-corrected chi connectivity index (χ2v) is 5.95. The first-order chi connectivity index (χ1) is 10.3. The van der Waals surface area contributed by atoms with E-state index in [1.54, 1.807) is 12.4 Å². The molecule has 0 saturated heterocycles. The minimum absolute atomic E-state index is 0.303. The quantitative estimate of drug-likeness (QED) is 0.764. The molecular weight excluding hydrogens is 258 g/mol. The number of hydrogen-bond acceptors (Lipinski definition) is 2. The molecule has 0 bridgehead atoms. The molecule has 1 aliphatic rings. The van der Waals surface area contributed by atoms with Crippen molar-refractivity contribution in [3.05, 3.63) is 65.5 Å². The number of nitrogens with zero attached hydrogens (tertiary/aromatic N) is 1. The van der Waals surface area contributed by atoms with Gasteiger partial charge < -0.3 is 0 Å². The van der Waals surface area contributed by atoms with Gasteiger partial charge >= 0.3 is 0 Å². The van der Waals surface area contributed by atoms with E-state index in [4.69, 9.17) is 0 Å². The minimum Gasteiger partial charge on any atom is -0.299 e. The number of aryl methyl sites for hydroxylation is 1. The summed E-state index contributed by atoms with van der Waals surface area (Å²) in [5.41, 5.74) is 3.83. The van der Waals surface area contributed by atoms with E-state index in [9.17, 15) is 4.79 Å². The Morgan fingerprint density at radius 2 is 1.90 bits per heavy atom. The van der Waals surface area contributed by atoms with E-state index in [1.165, 1.54) is 24.0 Å². The molecule has 21 heavy (non-hydrogen) atoms. The van der Waals surface area contributed by atoms with Crippen molar-refractivity contribution in [3.8, 4) is 0 Å². The highest BCUT2D eigenvalue weighted by atomic mass is 16.1. The summed E-state index contributed by atoms with van der Waals surface area (Å²) in [7, 11) is 0. The van der Waals surface area contributed by atoms with Crippen molar-refractivity contribution in [2.45, 2.75) is 44.4 Å². The zero-order chi connectivity index (χ0) is 14.5. The highest BCUT2D eigenvalue weighted by molar-refractivity contribution is 5.80. The third-order valence-corrected chi connectivity index (χ3v) is 4.07. The van der Waals surface area contributed by atoms with Gasteiger partial charge in [0.2, 0.25) is 0 Å². The Morgan fingerprint density at radius 3 is 2.57 bits per heavy atom. The average Bonchev–Trinajstić information content (AvgIpc) is 3.34. The van der Waals surface area contributed by atoms with Crippen molar-refractivity contribution < 1.29 is 4.79 Å². The van der Waals surface area contributed by atoms with Crippen LogP contribution < -0.4 is 0 Å². The summed E-state index contributed by atoms with van der Waals surface area (Å²) in [6.45, 7) is 0. The molecule has 3 rings (SSSR count). The summed E-state index contributed by atoms with van der Waals surface area (Å²) >= 11 is 0. The Hall–Kier alpha value is -1.96. The van der Waals surface area contributed by atoms with Crippen molar-refractivity contribution in [1.82, 2.24) is 4.98 Å². The molecule has 1 aromatic heterocycles. The van der Waals surface area contributed by atoms with E-state index in [1.807, 2.05) is 12.1 Å². The molecule has 2 nitrogen and oxygen atoms in total. The monoisotopic (exact) mass is 279 g/mol. The van der Waals surface area contributed by atoms with Gasteiger partial charge in [-0.15, -0.1) is 0 Å². The van der Waals surface area contributed by atoms with Crippen LogP contribution in [-0.4, -0.2) is 10.8 Å². The molecule has 1 aromatic carbocycles. The molecule has 0 atom stereocenters. The van der Waals surface area contributed by atoms with Crippen LogP contribution >= 0.6 is 0 Å². The van der Waals surface area contributed by atoms with Gasteiger partial charge in [-0.2, -0.15) is 0 Å². The number of carbonyl (C=O) groups is 1. The molecule has 0 unspecified atom stereocenters. The van der Waals surface area contributed by atoms with Gasteiger partial charge in [-0.3, -0.25) is 9.78 Å². The first-order valence-electron chi connectivity index (χ1n) is 7.81. The fourth-order valence-corrected chi connectivity index (χ4v) is 2.68. The number of ketones is 1. The smallest absolute Gasteiger partial charge is 0.137 e. The lowest BCUT2D eigenvalue weighted by atomic mass is 10.0. The Morgan fingerprint density at radius 1 is 1.10 bits per heavy atom. The molecule has 0 N–H and O–H groups in total. The van der Waals surface area contributed by atoms with E-state index in [0.717, 1.165) is 24.3 Å². The summed E-state index contributed by atoms with van der Waals surface area (Å²) in [6, 6.07) is 12.8. The lowest BCUT2D eigenvalue weighted by Crippen LogP contribution is -2.03. The predicted octanol–water partition coefficient (Wildman–Crippen LogP) is 4.09. The number of benzene rings is 1. The highest BCUT2D eigenvalue weighted by Gasteiger charge is 2.22. The van der Waals surface area contributed by atoms with Gasteiger partial charge in [0.05, 0.1) is 0 Å². The standard InChI is InChI=1S/C19H21NO/c21-19(13-16-4-2-12-20-14-16)5-1-3-15-6-8-17(9-7-15)18-10-11-18/h2,4,6-9,12,14,18H,1,3,5,10-11,13H2. The highest BCUT2D eigenvalue weighted by Crippen LogP contribution is 2.39. The van der Waals surface area contributed by atoms with Crippen LogP contribution in [0.3, 0.4) is 0 Å². The molecule has 0 aliphatic heterocycles. The van der Waals surface area contributed by atoms with E-state index in [0.29, 0.717) is 18.6 Å². The molecule has 1 saturated carbocycles. The average molecular weight is 279 g/mol. The van der Waals surface area contributed by atoms with Gasteiger partial charge in [-0.1, -0.05) is 30.3 Å². The largest absolute Gasteiger partial charge is 0.299 e. The SMILES string of the molecule is O=C(CCCc1ccc(C2CC2)cc1)Cc1cccnc1. The van der Waals surface area contributed by atoms with Gasteiger partial charge in [-0.05, 0) is 54.4 Å². The second kappa shape index (κ2) is 6.66. The molecule has 0 spiro atoms. The first-order valence-corrected chi connectivity index (χ1v) is 7.81. The Bertz CT molecular complexity index is 585. The van der Waals surface area contributed by atoms with Crippen molar-refractivity contribution in [3.63, 3.8) is 0 Å².